The molecule has 4 nitrogen and oxygen atoms in total. The second kappa shape index (κ2) is 4.42. The summed E-state index contributed by atoms with van der Waals surface area (Å²) in [5, 5.41) is 0. The molecular formula is C8H16N2O2. The summed E-state index contributed by atoms with van der Waals surface area (Å²) in [5.41, 5.74) is 0. The number of carbonyl (C=O) groups excluding carboxylic acids is 1. The van der Waals surface area contributed by atoms with Crippen LogP contribution in [0.15, 0.2) is 0 Å². The van der Waals surface area contributed by atoms with E-state index in [2.05, 4.69) is 4.90 Å². The summed E-state index contributed by atoms with van der Waals surface area (Å²) in [6.07, 6.45) is 0. The number of rotatable bonds is 2. The molecule has 0 radical (unpaired) electrons. The Bertz CT molecular complexity index is 153. The molecule has 1 aliphatic heterocycles. The lowest BCUT2D eigenvalue weighted by atomic mass is 10.4. The summed E-state index contributed by atoms with van der Waals surface area (Å²) in [7, 11) is 3.56. The summed E-state index contributed by atoms with van der Waals surface area (Å²) in [6, 6.07) is 0. The molecule has 1 heterocycles. The van der Waals surface area contributed by atoms with Gasteiger partial charge in [0.25, 0.3) is 0 Å². The van der Waals surface area contributed by atoms with Gasteiger partial charge in [-0.05, 0) is 0 Å². The largest absolute Gasteiger partial charge is 0.379 e. The highest BCUT2D eigenvalue weighted by Gasteiger charge is 2.14. The average molecular weight is 172 g/mol. The zero-order chi connectivity index (χ0) is 8.97. The van der Waals surface area contributed by atoms with Crippen molar-refractivity contribution in [1.29, 1.82) is 0 Å². The molecule has 0 aromatic rings. The minimum Gasteiger partial charge on any atom is -0.379 e. The molecule has 0 N–H and O–H groups in total. The molecule has 0 unspecified atom stereocenters. The van der Waals surface area contributed by atoms with Crippen molar-refractivity contribution in [3.8, 4) is 0 Å². The molecule has 0 aromatic carbocycles. The van der Waals surface area contributed by atoms with E-state index >= 15 is 0 Å². The van der Waals surface area contributed by atoms with Crippen LogP contribution in [0.4, 0.5) is 0 Å². The number of morpholine rings is 1. The van der Waals surface area contributed by atoms with Gasteiger partial charge in [0.15, 0.2) is 0 Å². The van der Waals surface area contributed by atoms with Crippen molar-refractivity contribution in [3.63, 3.8) is 0 Å². The number of amides is 1. The maximum absolute atomic E-state index is 11.3. The van der Waals surface area contributed by atoms with Crippen LogP contribution < -0.4 is 0 Å². The molecule has 0 bridgehead atoms. The Hall–Kier alpha value is -0.610. The predicted octanol–water partition coefficient (Wildman–Crippen LogP) is -0.593. The number of nitrogens with zero attached hydrogens (tertiary/aromatic N) is 2. The smallest absolute Gasteiger partial charge is 0.236 e. The van der Waals surface area contributed by atoms with Crippen molar-refractivity contribution in [1.82, 2.24) is 9.80 Å². The molecule has 1 saturated heterocycles. The van der Waals surface area contributed by atoms with Gasteiger partial charge in [0, 0.05) is 27.2 Å². The van der Waals surface area contributed by atoms with Crippen LogP contribution in [0.1, 0.15) is 0 Å². The molecule has 0 spiro atoms. The van der Waals surface area contributed by atoms with Crippen molar-refractivity contribution >= 4 is 5.91 Å². The van der Waals surface area contributed by atoms with E-state index in [4.69, 9.17) is 4.74 Å². The van der Waals surface area contributed by atoms with Crippen molar-refractivity contribution in [2.75, 3.05) is 46.9 Å². The van der Waals surface area contributed by atoms with Crippen molar-refractivity contribution in [3.05, 3.63) is 0 Å². The van der Waals surface area contributed by atoms with E-state index in [0.29, 0.717) is 6.54 Å². The number of hydrogen-bond donors (Lipinski definition) is 0. The van der Waals surface area contributed by atoms with E-state index in [9.17, 15) is 4.79 Å². The lowest BCUT2D eigenvalue weighted by Gasteiger charge is -2.26. The number of likely N-dealkylation sites (N-methyl/N-ethyl adjacent to an activating group) is 1. The molecule has 0 aliphatic carbocycles. The van der Waals surface area contributed by atoms with E-state index in [1.165, 1.54) is 0 Å². The minimum absolute atomic E-state index is 0.164. The Kier molecular flexibility index (Phi) is 3.49. The summed E-state index contributed by atoms with van der Waals surface area (Å²) in [5.74, 6) is 0.164. The Morgan fingerprint density at radius 1 is 1.42 bits per heavy atom. The lowest BCUT2D eigenvalue weighted by molar-refractivity contribution is -0.130. The van der Waals surface area contributed by atoms with Crippen LogP contribution in [0.3, 0.4) is 0 Å². The molecule has 0 atom stereocenters. The molecule has 1 amide bonds. The summed E-state index contributed by atoms with van der Waals surface area (Å²) in [6.45, 7) is 3.77. The van der Waals surface area contributed by atoms with Crippen LogP contribution in [0, 0.1) is 0 Å². The Morgan fingerprint density at radius 2 is 2.00 bits per heavy atom. The van der Waals surface area contributed by atoms with Gasteiger partial charge in [-0.15, -0.1) is 0 Å². The predicted molar refractivity (Wildman–Crippen MR) is 46.0 cm³/mol. The fourth-order valence-corrected chi connectivity index (χ4v) is 1.09. The van der Waals surface area contributed by atoms with Crippen LogP contribution in [-0.2, 0) is 9.53 Å². The van der Waals surface area contributed by atoms with Gasteiger partial charge in [-0.3, -0.25) is 9.69 Å². The number of carbonyl (C=O) groups is 1. The average Bonchev–Trinajstić information content (AvgIpc) is 2.06. The third-order valence-corrected chi connectivity index (χ3v) is 1.96. The Balaban J connectivity index is 2.24. The second-order valence-corrected chi connectivity index (χ2v) is 3.18. The van der Waals surface area contributed by atoms with Gasteiger partial charge in [0.1, 0.15) is 0 Å². The van der Waals surface area contributed by atoms with Crippen LogP contribution >= 0.6 is 0 Å². The Labute approximate surface area is 73.1 Å². The minimum atomic E-state index is 0.164. The first-order valence-corrected chi connectivity index (χ1v) is 4.20. The highest BCUT2D eigenvalue weighted by Crippen LogP contribution is 1.96. The fraction of sp³-hybridized carbons (Fsp3) is 0.875. The summed E-state index contributed by atoms with van der Waals surface area (Å²) < 4.78 is 5.18. The maximum atomic E-state index is 11.3. The standard InChI is InChI=1S/C8H16N2O2/c1-9(2)8(11)7-10-3-5-12-6-4-10/h3-7H2,1-2H3. The van der Waals surface area contributed by atoms with Gasteiger partial charge in [-0.25, -0.2) is 0 Å². The van der Waals surface area contributed by atoms with Crippen molar-refractivity contribution in [2.45, 2.75) is 0 Å². The topological polar surface area (TPSA) is 32.8 Å². The molecule has 1 aliphatic rings. The van der Waals surface area contributed by atoms with Crippen LogP contribution in [0.2, 0.25) is 0 Å². The van der Waals surface area contributed by atoms with Crippen LogP contribution in [0.5, 0.6) is 0 Å². The Morgan fingerprint density at radius 3 is 2.50 bits per heavy atom. The van der Waals surface area contributed by atoms with Gasteiger partial charge >= 0.3 is 0 Å². The van der Waals surface area contributed by atoms with Gasteiger partial charge in [-0.2, -0.15) is 0 Å². The van der Waals surface area contributed by atoms with Crippen molar-refractivity contribution in [2.24, 2.45) is 0 Å². The van der Waals surface area contributed by atoms with Crippen LogP contribution in [0.25, 0.3) is 0 Å². The van der Waals surface area contributed by atoms with E-state index in [1.807, 2.05) is 0 Å². The maximum Gasteiger partial charge on any atom is 0.236 e. The second-order valence-electron chi connectivity index (χ2n) is 3.18. The zero-order valence-electron chi connectivity index (χ0n) is 7.75. The molecule has 12 heavy (non-hydrogen) atoms. The molecule has 1 rings (SSSR count). The number of ether oxygens (including phenoxy) is 1. The summed E-state index contributed by atoms with van der Waals surface area (Å²) in [4.78, 5) is 15.0. The molecule has 1 fully saturated rings. The van der Waals surface area contributed by atoms with E-state index in [1.54, 1.807) is 19.0 Å². The third kappa shape index (κ3) is 2.79. The molecule has 0 saturated carbocycles. The van der Waals surface area contributed by atoms with E-state index in [-0.39, 0.29) is 5.91 Å². The highest BCUT2D eigenvalue weighted by molar-refractivity contribution is 5.77. The monoisotopic (exact) mass is 172 g/mol. The molecule has 4 heteroatoms. The van der Waals surface area contributed by atoms with E-state index < -0.39 is 0 Å². The van der Waals surface area contributed by atoms with Gasteiger partial charge < -0.3 is 9.64 Å². The normalized spacial score (nSPS) is 19.2. The first kappa shape index (κ1) is 9.48. The molecule has 70 valence electrons. The van der Waals surface area contributed by atoms with Crippen molar-refractivity contribution < 1.29 is 9.53 Å². The van der Waals surface area contributed by atoms with Crippen LogP contribution in [-0.4, -0.2) is 62.7 Å². The van der Waals surface area contributed by atoms with Gasteiger partial charge in [0.2, 0.25) is 5.91 Å². The highest BCUT2D eigenvalue weighted by atomic mass is 16.5. The van der Waals surface area contributed by atoms with Gasteiger partial charge in [0.05, 0.1) is 19.8 Å². The summed E-state index contributed by atoms with van der Waals surface area (Å²) >= 11 is 0. The van der Waals surface area contributed by atoms with Gasteiger partial charge in [-0.1, -0.05) is 0 Å². The molecular weight excluding hydrogens is 156 g/mol. The molecule has 0 aromatic heterocycles. The third-order valence-electron chi connectivity index (χ3n) is 1.96. The number of hydrogen-bond acceptors (Lipinski definition) is 3. The lowest BCUT2D eigenvalue weighted by Crippen LogP contribution is -2.42. The first-order chi connectivity index (χ1) is 5.70. The first-order valence-electron chi connectivity index (χ1n) is 4.20. The zero-order valence-corrected chi connectivity index (χ0v) is 7.75. The fourth-order valence-electron chi connectivity index (χ4n) is 1.09. The quantitative estimate of drug-likeness (QED) is 0.558. The van der Waals surface area contributed by atoms with E-state index in [0.717, 1.165) is 26.3 Å². The SMILES string of the molecule is CN(C)C(=O)CN1CCOCC1.